The van der Waals surface area contributed by atoms with Gasteiger partial charge in [-0.3, -0.25) is 0 Å². The number of rotatable bonds is 2. The number of hydrogen-bond donors (Lipinski definition) is 0. The summed E-state index contributed by atoms with van der Waals surface area (Å²) < 4.78 is 1.00. The molecule has 0 amide bonds. The molecule has 1 aliphatic rings. The molecule has 4 nitrogen and oxygen atoms in total. The van der Waals surface area contributed by atoms with Crippen LogP contribution in [0, 0.1) is 11.3 Å². The zero-order chi connectivity index (χ0) is 14.7. The van der Waals surface area contributed by atoms with E-state index in [-0.39, 0.29) is 0 Å². The molecule has 0 radical (unpaired) electrons. The fourth-order valence-electron chi connectivity index (χ4n) is 2.58. The Bertz CT molecular complexity index is 658. The predicted octanol–water partition coefficient (Wildman–Crippen LogP) is 3.04. The van der Waals surface area contributed by atoms with E-state index in [1.54, 1.807) is 0 Å². The second-order valence-electron chi connectivity index (χ2n) is 4.94. The molecule has 1 fully saturated rings. The summed E-state index contributed by atoms with van der Waals surface area (Å²) in [5, 5.41) is 9.26. The lowest BCUT2D eigenvalue weighted by Crippen LogP contribution is -2.47. The normalized spacial score (nSPS) is 14.9. The third-order valence-corrected chi connectivity index (χ3v) is 4.17. The number of nitrogens with zero attached hydrogens (tertiary/aromatic N) is 4. The molecule has 0 aliphatic carbocycles. The molecule has 1 aromatic heterocycles. The van der Waals surface area contributed by atoms with Crippen LogP contribution in [0.25, 0.3) is 0 Å². The summed E-state index contributed by atoms with van der Waals surface area (Å²) in [6, 6.07) is 14.1. The highest BCUT2D eigenvalue weighted by molar-refractivity contribution is 9.10. The number of nitriles is 1. The van der Waals surface area contributed by atoms with E-state index < -0.39 is 0 Å². The van der Waals surface area contributed by atoms with E-state index in [0.29, 0.717) is 0 Å². The Balaban J connectivity index is 1.75. The number of aromatic nitrogens is 1. The maximum absolute atomic E-state index is 9.26. The van der Waals surface area contributed by atoms with E-state index in [2.05, 4.69) is 36.8 Å². The van der Waals surface area contributed by atoms with Crippen LogP contribution in [-0.2, 0) is 0 Å². The highest BCUT2D eigenvalue weighted by atomic mass is 79.9. The van der Waals surface area contributed by atoms with Gasteiger partial charge in [0.1, 0.15) is 11.9 Å². The van der Waals surface area contributed by atoms with E-state index >= 15 is 0 Å². The summed E-state index contributed by atoms with van der Waals surface area (Å²) in [5.41, 5.74) is 1.73. The van der Waals surface area contributed by atoms with Crippen molar-refractivity contribution in [2.45, 2.75) is 0 Å². The average molecular weight is 343 g/mol. The molecular formula is C16H15BrN4. The Labute approximate surface area is 132 Å². The SMILES string of the molecule is N#Cc1ccc(Br)cc1N1CCN(c2ccccn2)CC1. The fourth-order valence-corrected chi connectivity index (χ4v) is 2.93. The average Bonchev–Trinajstić information content (AvgIpc) is 2.56. The van der Waals surface area contributed by atoms with Crippen molar-refractivity contribution < 1.29 is 0 Å². The van der Waals surface area contributed by atoms with Crippen LogP contribution in [0.3, 0.4) is 0 Å². The summed E-state index contributed by atoms with van der Waals surface area (Å²) in [7, 11) is 0. The van der Waals surface area contributed by atoms with Crippen molar-refractivity contribution in [3.8, 4) is 6.07 Å². The molecule has 2 aromatic rings. The Kier molecular flexibility index (Phi) is 4.07. The molecule has 0 atom stereocenters. The van der Waals surface area contributed by atoms with Crippen LogP contribution in [0.1, 0.15) is 5.56 Å². The molecule has 1 aromatic carbocycles. The van der Waals surface area contributed by atoms with Crippen molar-refractivity contribution in [2.75, 3.05) is 36.0 Å². The zero-order valence-electron chi connectivity index (χ0n) is 11.5. The van der Waals surface area contributed by atoms with Gasteiger partial charge in [-0.2, -0.15) is 5.26 Å². The minimum Gasteiger partial charge on any atom is -0.367 e. The summed E-state index contributed by atoms with van der Waals surface area (Å²) in [6.45, 7) is 3.60. The van der Waals surface area contributed by atoms with Gasteiger partial charge in [0.25, 0.3) is 0 Å². The fraction of sp³-hybridized carbons (Fsp3) is 0.250. The van der Waals surface area contributed by atoms with Crippen LogP contribution >= 0.6 is 15.9 Å². The van der Waals surface area contributed by atoms with Gasteiger partial charge < -0.3 is 9.80 Å². The van der Waals surface area contributed by atoms with Crippen molar-refractivity contribution >= 4 is 27.4 Å². The lowest BCUT2D eigenvalue weighted by atomic mass is 10.1. The highest BCUT2D eigenvalue weighted by Gasteiger charge is 2.20. The second-order valence-corrected chi connectivity index (χ2v) is 5.85. The van der Waals surface area contributed by atoms with Crippen LogP contribution in [0.4, 0.5) is 11.5 Å². The van der Waals surface area contributed by atoms with Crippen molar-refractivity contribution in [3.63, 3.8) is 0 Å². The van der Waals surface area contributed by atoms with Gasteiger partial charge in [-0.05, 0) is 30.3 Å². The number of pyridine rings is 1. The molecule has 0 N–H and O–H groups in total. The summed E-state index contributed by atoms with van der Waals surface area (Å²) >= 11 is 3.48. The molecule has 21 heavy (non-hydrogen) atoms. The van der Waals surface area contributed by atoms with Gasteiger partial charge >= 0.3 is 0 Å². The number of piperazine rings is 1. The smallest absolute Gasteiger partial charge is 0.128 e. The number of halogens is 1. The summed E-state index contributed by atoms with van der Waals surface area (Å²) in [6.07, 6.45) is 1.82. The maximum Gasteiger partial charge on any atom is 0.128 e. The Morgan fingerprint density at radius 2 is 1.81 bits per heavy atom. The minimum atomic E-state index is 0.726. The third-order valence-electron chi connectivity index (χ3n) is 3.67. The number of anilines is 2. The van der Waals surface area contributed by atoms with E-state index in [1.807, 2.05) is 42.6 Å². The van der Waals surface area contributed by atoms with E-state index in [9.17, 15) is 5.26 Å². The topological polar surface area (TPSA) is 43.2 Å². The van der Waals surface area contributed by atoms with Gasteiger partial charge in [-0.1, -0.05) is 22.0 Å². The molecule has 1 saturated heterocycles. The molecule has 5 heteroatoms. The molecule has 0 spiro atoms. The molecule has 0 unspecified atom stereocenters. The van der Waals surface area contributed by atoms with Gasteiger partial charge in [0, 0.05) is 36.8 Å². The summed E-state index contributed by atoms with van der Waals surface area (Å²) in [5.74, 6) is 1.02. The molecule has 2 heterocycles. The van der Waals surface area contributed by atoms with Crippen LogP contribution in [0.15, 0.2) is 47.1 Å². The van der Waals surface area contributed by atoms with Crippen LogP contribution in [0.2, 0.25) is 0 Å². The number of benzene rings is 1. The summed E-state index contributed by atoms with van der Waals surface area (Å²) in [4.78, 5) is 8.94. The Hall–Kier alpha value is -2.06. The number of hydrogen-bond acceptors (Lipinski definition) is 4. The van der Waals surface area contributed by atoms with Gasteiger partial charge in [0.15, 0.2) is 0 Å². The van der Waals surface area contributed by atoms with E-state index in [4.69, 9.17) is 0 Å². The molecule has 0 saturated carbocycles. The standard InChI is InChI=1S/C16H15BrN4/c17-14-5-4-13(12-18)15(11-14)20-7-9-21(10-8-20)16-3-1-2-6-19-16/h1-6,11H,7-10H2. The van der Waals surface area contributed by atoms with Gasteiger partial charge in [0.2, 0.25) is 0 Å². The first kappa shape index (κ1) is 13.9. The van der Waals surface area contributed by atoms with Gasteiger partial charge in [0.05, 0.1) is 11.3 Å². The van der Waals surface area contributed by atoms with Crippen molar-refractivity contribution in [1.82, 2.24) is 4.98 Å². The molecule has 1 aliphatic heterocycles. The lowest BCUT2D eigenvalue weighted by Gasteiger charge is -2.37. The lowest BCUT2D eigenvalue weighted by molar-refractivity contribution is 0.647. The Morgan fingerprint density at radius 3 is 2.48 bits per heavy atom. The minimum absolute atomic E-state index is 0.726. The first-order valence-corrected chi connectivity index (χ1v) is 7.68. The van der Waals surface area contributed by atoms with Gasteiger partial charge in [-0.25, -0.2) is 4.98 Å². The first-order valence-electron chi connectivity index (χ1n) is 6.88. The third kappa shape index (κ3) is 3.01. The predicted molar refractivity (Wildman–Crippen MR) is 87.5 cm³/mol. The van der Waals surface area contributed by atoms with Crippen molar-refractivity contribution in [1.29, 1.82) is 5.26 Å². The zero-order valence-corrected chi connectivity index (χ0v) is 13.1. The van der Waals surface area contributed by atoms with Crippen LogP contribution in [-0.4, -0.2) is 31.2 Å². The monoisotopic (exact) mass is 342 g/mol. The quantitative estimate of drug-likeness (QED) is 0.841. The second kappa shape index (κ2) is 6.15. The molecular weight excluding hydrogens is 328 g/mol. The molecule has 0 bridgehead atoms. The van der Waals surface area contributed by atoms with Crippen LogP contribution < -0.4 is 9.80 Å². The highest BCUT2D eigenvalue weighted by Crippen LogP contribution is 2.26. The van der Waals surface area contributed by atoms with Gasteiger partial charge in [-0.15, -0.1) is 0 Å². The Morgan fingerprint density at radius 1 is 1.05 bits per heavy atom. The van der Waals surface area contributed by atoms with E-state index in [0.717, 1.165) is 47.7 Å². The molecule has 106 valence electrons. The first-order chi connectivity index (χ1) is 10.3. The van der Waals surface area contributed by atoms with E-state index in [1.165, 1.54) is 0 Å². The maximum atomic E-state index is 9.26. The molecule has 3 rings (SSSR count). The van der Waals surface area contributed by atoms with Crippen LogP contribution in [0.5, 0.6) is 0 Å². The largest absolute Gasteiger partial charge is 0.367 e. The van der Waals surface area contributed by atoms with Crippen molar-refractivity contribution in [2.24, 2.45) is 0 Å². The van der Waals surface area contributed by atoms with Crippen molar-refractivity contribution in [3.05, 3.63) is 52.6 Å².